The van der Waals surface area contributed by atoms with E-state index in [-0.39, 0.29) is 0 Å². The van der Waals surface area contributed by atoms with E-state index in [0.717, 1.165) is 11.8 Å². The Balaban J connectivity index is 2.51. The van der Waals surface area contributed by atoms with Gasteiger partial charge in [0.25, 0.3) is 0 Å². The fraction of sp³-hybridized carbons (Fsp3) is 1.00. The number of rotatable bonds is 1. The molecule has 0 aliphatic carbocycles. The second kappa shape index (κ2) is 3.14. The molecule has 0 radical (unpaired) electrons. The van der Waals surface area contributed by atoms with Crippen LogP contribution < -0.4 is 0 Å². The maximum atomic E-state index is 2.41. The van der Waals surface area contributed by atoms with E-state index in [1.54, 1.807) is 0 Å². The Labute approximate surface area is 71.0 Å². The molecule has 0 saturated carbocycles. The molecule has 1 heterocycles. The third kappa shape index (κ3) is 2.19. The summed E-state index contributed by atoms with van der Waals surface area (Å²) in [5.41, 5.74) is 0. The summed E-state index contributed by atoms with van der Waals surface area (Å²) in [4.78, 5) is 0. The van der Waals surface area contributed by atoms with Crippen molar-refractivity contribution in [2.75, 3.05) is 27.2 Å². The minimum absolute atomic E-state index is 0.964. The molecule has 1 heteroatoms. The first-order chi connectivity index (χ1) is 5.05. The van der Waals surface area contributed by atoms with Crippen LogP contribution in [0.4, 0.5) is 0 Å². The van der Waals surface area contributed by atoms with E-state index in [1.807, 2.05) is 0 Å². The molecule has 1 aliphatic heterocycles. The van der Waals surface area contributed by atoms with Gasteiger partial charge in [-0.25, -0.2) is 0 Å². The Bertz CT molecular complexity index is 129. The standard InChI is InChI=1S/C10H22N/c1-5-10-8-11(3,4)7-6-9(10)2/h9-10H,5-8H2,1-4H3/q+1. The molecule has 1 saturated heterocycles. The van der Waals surface area contributed by atoms with E-state index in [1.165, 1.54) is 30.4 Å². The molecule has 0 aromatic carbocycles. The summed E-state index contributed by atoms with van der Waals surface area (Å²) in [6.45, 7) is 7.50. The molecule has 2 unspecified atom stereocenters. The fourth-order valence-electron chi connectivity index (χ4n) is 2.23. The first-order valence-corrected chi connectivity index (χ1v) is 4.87. The lowest BCUT2D eigenvalue weighted by molar-refractivity contribution is -0.900. The third-order valence-electron chi connectivity index (χ3n) is 3.25. The predicted octanol–water partition coefficient (Wildman–Crippen LogP) is 2.13. The van der Waals surface area contributed by atoms with Crippen LogP contribution in [-0.2, 0) is 0 Å². The van der Waals surface area contributed by atoms with Crippen molar-refractivity contribution in [3.05, 3.63) is 0 Å². The molecule has 1 fully saturated rings. The monoisotopic (exact) mass is 156 g/mol. The summed E-state index contributed by atoms with van der Waals surface area (Å²) in [6.07, 6.45) is 2.79. The minimum Gasteiger partial charge on any atom is -0.328 e. The molecule has 1 aliphatic rings. The fourth-order valence-corrected chi connectivity index (χ4v) is 2.23. The van der Waals surface area contributed by atoms with Gasteiger partial charge in [0.15, 0.2) is 0 Å². The average Bonchev–Trinajstić information content (AvgIpc) is 1.94. The molecule has 11 heavy (non-hydrogen) atoms. The molecule has 0 spiro atoms. The quantitative estimate of drug-likeness (QED) is 0.510. The number of likely N-dealkylation sites (tertiary alicyclic amines) is 1. The Morgan fingerprint density at radius 3 is 2.45 bits per heavy atom. The van der Waals surface area contributed by atoms with Gasteiger partial charge in [-0.2, -0.15) is 0 Å². The smallest absolute Gasteiger partial charge is 0.0813 e. The van der Waals surface area contributed by atoms with Gasteiger partial charge >= 0.3 is 0 Å². The molecular formula is C10H22N+. The summed E-state index contributed by atoms with van der Waals surface area (Å²) in [5, 5.41) is 0. The lowest BCUT2D eigenvalue weighted by Gasteiger charge is -2.41. The van der Waals surface area contributed by atoms with E-state index in [2.05, 4.69) is 27.9 Å². The Morgan fingerprint density at radius 1 is 1.36 bits per heavy atom. The molecule has 1 nitrogen and oxygen atoms in total. The van der Waals surface area contributed by atoms with Crippen molar-refractivity contribution in [1.82, 2.24) is 0 Å². The van der Waals surface area contributed by atoms with Gasteiger partial charge in [-0.15, -0.1) is 0 Å². The summed E-state index contributed by atoms with van der Waals surface area (Å²) >= 11 is 0. The zero-order valence-electron chi connectivity index (χ0n) is 8.43. The van der Waals surface area contributed by atoms with Crippen LogP contribution in [0.5, 0.6) is 0 Å². The van der Waals surface area contributed by atoms with Gasteiger partial charge in [-0.3, -0.25) is 0 Å². The Hall–Kier alpha value is -0.0400. The van der Waals surface area contributed by atoms with Crippen molar-refractivity contribution in [3.8, 4) is 0 Å². The molecular weight excluding hydrogens is 134 g/mol. The number of hydrogen-bond donors (Lipinski definition) is 0. The van der Waals surface area contributed by atoms with Crippen LogP contribution in [0.2, 0.25) is 0 Å². The van der Waals surface area contributed by atoms with Gasteiger partial charge in [-0.05, 0) is 18.8 Å². The van der Waals surface area contributed by atoms with Crippen molar-refractivity contribution in [3.63, 3.8) is 0 Å². The first-order valence-electron chi connectivity index (χ1n) is 4.87. The van der Waals surface area contributed by atoms with Crippen LogP contribution in [0.3, 0.4) is 0 Å². The zero-order valence-corrected chi connectivity index (χ0v) is 8.43. The van der Waals surface area contributed by atoms with Gasteiger partial charge in [0.1, 0.15) is 0 Å². The lowest BCUT2D eigenvalue weighted by atomic mass is 9.84. The van der Waals surface area contributed by atoms with Gasteiger partial charge in [-0.1, -0.05) is 13.8 Å². The van der Waals surface area contributed by atoms with Crippen LogP contribution in [0, 0.1) is 11.8 Å². The van der Waals surface area contributed by atoms with E-state index < -0.39 is 0 Å². The van der Waals surface area contributed by atoms with Crippen LogP contribution >= 0.6 is 0 Å². The van der Waals surface area contributed by atoms with Gasteiger partial charge in [0.2, 0.25) is 0 Å². The number of nitrogens with zero attached hydrogens (tertiary/aromatic N) is 1. The van der Waals surface area contributed by atoms with E-state index in [4.69, 9.17) is 0 Å². The van der Waals surface area contributed by atoms with Crippen molar-refractivity contribution in [2.24, 2.45) is 11.8 Å². The Morgan fingerprint density at radius 2 is 2.00 bits per heavy atom. The van der Waals surface area contributed by atoms with Gasteiger partial charge in [0.05, 0.1) is 27.2 Å². The highest BCUT2D eigenvalue weighted by molar-refractivity contribution is 4.68. The highest BCUT2D eigenvalue weighted by atomic mass is 15.3. The van der Waals surface area contributed by atoms with Crippen LogP contribution in [0.1, 0.15) is 26.7 Å². The van der Waals surface area contributed by atoms with Crippen molar-refractivity contribution in [2.45, 2.75) is 26.7 Å². The SMILES string of the molecule is CCC1C[N+](C)(C)CCC1C. The number of piperidine rings is 1. The first kappa shape index (κ1) is 9.05. The normalized spacial score (nSPS) is 37.1. The molecule has 0 amide bonds. The van der Waals surface area contributed by atoms with Crippen LogP contribution in [0.15, 0.2) is 0 Å². The summed E-state index contributed by atoms with van der Waals surface area (Å²) in [7, 11) is 4.71. The van der Waals surface area contributed by atoms with Crippen molar-refractivity contribution >= 4 is 0 Å². The maximum absolute atomic E-state index is 2.41. The van der Waals surface area contributed by atoms with Crippen LogP contribution in [-0.4, -0.2) is 31.7 Å². The summed E-state index contributed by atoms with van der Waals surface area (Å²) in [6, 6.07) is 0. The average molecular weight is 156 g/mol. The van der Waals surface area contributed by atoms with Crippen LogP contribution in [0.25, 0.3) is 0 Å². The predicted molar refractivity (Wildman–Crippen MR) is 49.4 cm³/mol. The zero-order chi connectivity index (χ0) is 8.48. The summed E-state index contributed by atoms with van der Waals surface area (Å²) in [5.74, 6) is 1.94. The molecule has 0 bridgehead atoms. The molecule has 66 valence electrons. The molecule has 0 N–H and O–H groups in total. The second-order valence-corrected chi connectivity index (χ2v) is 4.78. The minimum atomic E-state index is 0.964. The molecule has 0 aromatic rings. The van der Waals surface area contributed by atoms with E-state index in [0.29, 0.717) is 0 Å². The lowest BCUT2D eigenvalue weighted by Crippen LogP contribution is -2.50. The van der Waals surface area contributed by atoms with Gasteiger partial charge in [0, 0.05) is 5.92 Å². The molecule has 1 rings (SSSR count). The molecule has 0 aromatic heterocycles. The third-order valence-corrected chi connectivity index (χ3v) is 3.25. The highest BCUT2D eigenvalue weighted by Gasteiger charge is 2.31. The Kier molecular flexibility index (Phi) is 2.58. The van der Waals surface area contributed by atoms with Gasteiger partial charge < -0.3 is 4.48 Å². The van der Waals surface area contributed by atoms with E-state index in [9.17, 15) is 0 Å². The largest absolute Gasteiger partial charge is 0.328 e. The second-order valence-electron chi connectivity index (χ2n) is 4.78. The topological polar surface area (TPSA) is 0 Å². The van der Waals surface area contributed by atoms with E-state index >= 15 is 0 Å². The van der Waals surface area contributed by atoms with Crippen molar-refractivity contribution < 1.29 is 4.48 Å². The number of quaternary nitrogens is 1. The summed E-state index contributed by atoms with van der Waals surface area (Å²) < 4.78 is 1.24. The highest BCUT2D eigenvalue weighted by Crippen LogP contribution is 2.27. The van der Waals surface area contributed by atoms with Crippen molar-refractivity contribution in [1.29, 1.82) is 0 Å². The molecule has 2 atom stereocenters. The number of hydrogen-bond acceptors (Lipinski definition) is 0. The maximum Gasteiger partial charge on any atom is 0.0813 e.